The molecule has 0 amide bonds. The van der Waals surface area contributed by atoms with Crippen LogP contribution >= 0.6 is 0 Å². The Kier molecular flexibility index (Phi) is 5.40. The Bertz CT molecular complexity index is 918. The number of aromatic nitrogens is 4. The Balaban J connectivity index is 1.70. The molecule has 8 heteroatoms. The molecule has 2 N–H and O–H groups in total. The summed E-state index contributed by atoms with van der Waals surface area (Å²) in [5.41, 5.74) is 1.49. The molecule has 1 aliphatic heterocycles. The highest BCUT2D eigenvalue weighted by atomic mass is 19.1. The van der Waals surface area contributed by atoms with E-state index in [1.165, 1.54) is 28.0 Å². The lowest BCUT2D eigenvalue weighted by atomic mass is 10.0. The molecule has 1 aliphatic rings. The predicted molar refractivity (Wildman–Crippen MR) is 98.9 cm³/mol. The van der Waals surface area contributed by atoms with E-state index in [1.807, 2.05) is 12.1 Å². The number of nitrogens with zero attached hydrogens (tertiary/aromatic N) is 4. The Morgan fingerprint density at radius 2 is 1.71 bits per heavy atom. The molecule has 1 fully saturated rings. The number of benzene rings is 2. The number of halogens is 2. The SMILES string of the molecule is C[NH+]1CC[NH+]([C@H](c2ccccc2F)c2nnnn2Cc2ccc(F)cc2)CC1. The molecule has 2 aromatic carbocycles. The summed E-state index contributed by atoms with van der Waals surface area (Å²) in [7, 11) is 2.17. The Labute approximate surface area is 162 Å². The van der Waals surface area contributed by atoms with E-state index in [-0.39, 0.29) is 17.7 Å². The number of hydrogen-bond donors (Lipinski definition) is 2. The third kappa shape index (κ3) is 3.93. The summed E-state index contributed by atoms with van der Waals surface area (Å²) in [6.45, 7) is 4.26. The fourth-order valence-electron chi connectivity index (χ4n) is 3.83. The van der Waals surface area contributed by atoms with Crippen LogP contribution in [0.15, 0.2) is 48.5 Å². The van der Waals surface area contributed by atoms with Gasteiger partial charge in [-0.25, -0.2) is 13.5 Å². The number of likely N-dealkylation sites (N-methyl/N-ethyl adjacent to an activating group) is 1. The van der Waals surface area contributed by atoms with E-state index in [0.717, 1.165) is 31.7 Å². The van der Waals surface area contributed by atoms with Crippen LogP contribution in [0.5, 0.6) is 0 Å². The van der Waals surface area contributed by atoms with Gasteiger partial charge in [-0.15, -0.1) is 5.10 Å². The quantitative estimate of drug-likeness (QED) is 0.622. The maximum Gasteiger partial charge on any atom is 0.214 e. The zero-order chi connectivity index (χ0) is 19.5. The van der Waals surface area contributed by atoms with E-state index in [2.05, 4.69) is 22.6 Å². The van der Waals surface area contributed by atoms with E-state index in [4.69, 9.17) is 0 Å². The van der Waals surface area contributed by atoms with Crippen molar-refractivity contribution < 1.29 is 18.6 Å². The predicted octanol–water partition coefficient (Wildman–Crippen LogP) is -0.498. The van der Waals surface area contributed by atoms with Crippen LogP contribution in [-0.4, -0.2) is 53.4 Å². The molecule has 0 unspecified atom stereocenters. The lowest BCUT2D eigenvalue weighted by Crippen LogP contribution is -3.27. The first-order valence-corrected chi connectivity index (χ1v) is 9.52. The average molecular weight is 386 g/mol. The highest BCUT2D eigenvalue weighted by molar-refractivity contribution is 5.25. The number of nitrogens with one attached hydrogen (secondary N) is 2. The van der Waals surface area contributed by atoms with Crippen LogP contribution in [0.1, 0.15) is 23.0 Å². The molecule has 0 saturated carbocycles. The Hall–Kier alpha value is -2.71. The second-order valence-electron chi connectivity index (χ2n) is 7.39. The maximum atomic E-state index is 14.7. The van der Waals surface area contributed by atoms with Gasteiger partial charge in [0.25, 0.3) is 0 Å². The minimum absolute atomic E-state index is 0.248. The van der Waals surface area contributed by atoms with Crippen molar-refractivity contribution in [3.63, 3.8) is 0 Å². The van der Waals surface area contributed by atoms with Gasteiger partial charge in [-0.2, -0.15) is 0 Å². The number of rotatable bonds is 5. The largest absolute Gasteiger partial charge is 0.328 e. The molecular weight excluding hydrogens is 362 g/mol. The lowest BCUT2D eigenvalue weighted by Gasteiger charge is -2.32. The van der Waals surface area contributed by atoms with Gasteiger partial charge in [0.15, 0.2) is 6.04 Å². The van der Waals surface area contributed by atoms with E-state index in [0.29, 0.717) is 17.9 Å². The molecular formula is C20H24F2N6+2. The molecule has 28 heavy (non-hydrogen) atoms. The Morgan fingerprint density at radius 1 is 1.00 bits per heavy atom. The molecule has 2 heterocycles. The first-order valence-electron chi connectivity index (χ1n) is 9.52. The molecule has 4 rings (SSSR count). The number of piperazine rings is 1. The van der Waals surface area contributed by atoms with Gasteiger partial charge in [0.1, 0.15) is 37.8 Å². The smallest absolute Gasteiger partial charge is 0.214 e. The molecule has 0 aliphatic carbocycles. The third-order valence-corrected chi connectivity index (χ3v) is 5.43. The molecule has 0 bridgehead atoms. The average Bonchev–Trinajstić information content (AvgIpc) is 3.14. The Morgan fingerprint density at radius 3 is 2.43 bits per heavy atom. The minimum Gasteiger partial charge on any atom is -0.328 e. The van der Waals surface area contributed by atoms with Crippen LogP contribution in [0, 0.1) is 11.6 Å². The van der Waals surface area contributed by atoms with E-state index < -0.39 is 0 Å². The monoisotopic (exact) mass is 386 g/mol. The third-order valence-electron chi connectivity index (χ3n) is 5.43. The molecule has 0 spiro atoms. The van der Waals surface area contributed by atoms with Gasteiger partial charge in [0, 0.05) is 0 Å². The molecule has 0 radical (unpaired) electrons. The van der Waals surface area contributed by atoms with Crippen LogP contribution in [0.4, 0.5) is 8.78 Å². The maximum absolute atomic E-state index is 14.7. The van der Waals surface area contributed by atoms with Crippen molar-refractivity contribution in [1.29, 1.82) is 0 Å². The van der Waals surface area contributed by atoms with Crippen LogP contribution in [0.3, 0.4) is 0 Å². The zero-order valence-electron chi connectivity index (χ0n) is 15.8. The van der Waals surface area contributed by atoms with Crippen molar-refractivity contribution in [1.82, 2.24) is 20.2 Å². The molecule has 1 saturated heterocycles. The van der Waals surface area contributed by atoms with Gasteiger partial charge < -0.3 is 9.80 Å². The summed E-state index contributed by atoms with van der Waals surface area (Å²) in [5.74, 6) is 0.0980. The molecule has 3 aromatic rings. The van der Waals surface area contributed by atoms with Crippen LogP contribution in [0.25, 0.3) is 0 Å². The van der Waals surface area contributed by atoms with Gasteiger partial charge in [-0.3, -0.25) is 0 Å². The van der Waals surface area contributed by atoms with Crippen LogP contribution < -0.4 is 9.80 Å². The summed E-state index contributed by atoms with van der Waals surface area (Å²) in [6, 6.07) is 12.8. The summed E-state index contributed by atoms with van der Waals surface area (Å²) >= 11 is 0. The molecule has 1 aromatic heterocycles. The van der Waals surface area contributed by atoms with Crippen molar-refractivity contribution in [2.75, 3.05) is 33.2 Å². The van der Waals surface area contributed by atoms with Gasteiger partial charge in [0.2, 0.25) is 5.82 Å². The lowest BCUT2D eigenvalue weighted by molar-refractivity contribution is -1.02. The topological polar surface area (TPSA) is 52.5 Å². The summed E-state index contributed by atoms with van der Waals surface area (Å²) in [6.07, 6.45) is 0. The van der Waals surface area contributed by atoms with Crippen molar-refractivity contribution in [3.05, 3.63) is 77.1 Å². The summed E-state index contributed by atoms with van der Waals surface area (Å²) < 4.78 is 29.6. The molecule has 146 valence electrons. The van der Waals surface area contributed by atoms with E-state index in [1.54, 1.807) is 22.9 Å². The number of tetrazole rings is 1. The van der Waals surface area contributed by atoms with Gasteiger partial charge >= 0.3 is 0 Å². The van der Waals surface area contributed by atoms with E-state index in [9.17, 15) is 8.78 Å². The fourth-order valence-corrected chi connectivity index (χ4v) is 3.83. The first-order chi connectivity index (χ1) is 13.6. The van der Waals surface area contributed by atoms with E-state index >= 15 is 0 Å². The van der Waals surface area contributed by atoms with Crippen molar-refractivity contribution in [2.24, 2.45) is 0 Å². The number of quaternary nitrogens is 2. The number of hydrogen-bond acceptors (Lipinski definition) is 3. The van der Waals surface area contributed by atoms with Gasteiger partial charge in [-0.05, 0) is 40.3 Å². The standard InChI is InChI=1S/C20H22F2N6/c1-26-10-12-27(13-11-26)19(17-4-2-3-5-18(17)22)20-23-24-25-28(20)14-15-6-8-16(21)9-7-15/h2-9,19H,10-14H2,1H3/p+2/t19-/m1/s1. The van der Waals surface area contributed by atoms with Gasteiger partial charge in [-0.1, -0.05) is 24.3 Å². The zero-order valence-corrected chi connectivity index (χ0v) is 15.8. The van der Waals surface area contributed by atoms with Crippen LogP contribution in [-0.2, 0) is 6.54 Å². The van der Waals surface area contributed by atoms with Crippen LogP contribution in [0.2, 0.25) is 0 Å². The molecule has 1 atom stereocenters. The van der Waals surface area contributed by atoms with Crippen molar-refractivity contribution in [2.45, 2.75) is 12.6 Å². The minimum atomic E-state index is -0.287. The molecule has 6 nitrogen and oxygen atoms in total. The highest BCUT2D eigenvalue weighted by Gasteiger charge is 2.36. The second-order valence-corrected chi connectivity index (χ2v) is 7.39. The van der Waals surface area contributed by atoms with Crippen molar-refractivity contribution >= 4 is 0 Å². The summed E-state index contributed by atoms with van der Waals surface area (Å²) in [4.78, 5) is 2.73. The summed E-state index contributed by atoms with van der Waals surface area (Å²) in [5, 5.41) is 12.3. The second kappa shape index (κ2) is 8.12. The van der Waals surface area contributed by atoms with Gasteiger partial charge in [0.05, 0.1) is 19.2 Å². The fraction of sp³-hybridized carbons (Fsp3) is 0.350. The van der Waals surface area contributed by atoms with Crippen molar-refractivity contribution in [3.8, 4) is 0 Å². The normalized spacial score (nSPS) is 20.8. The first kappa shape index (κ1) is 18.6. The highest BCUT2D eigenvalue weighted by Crippen LogP contribution is 2.21.